The lowest BCUT2D eigenvalue weighted by molar-refractivity contribution is -0.166. The Bertz CT molecular complexity index is 1020. The first-order chi connectivity index (χ1) is 15.8. The highest BCUT2D eigenvalue weighted by Crippen LogP contribution is 2.57. The first-order valence-corrected chi connectivity index (χ1v) is 13.2. The largest absolute Gasteiger partial charge is 1.00 e. The average Bonchev–Trinajstić information content (AvgIpc) is 3.37. The van der Waals surface area contributed by atoms with Crippen molar-refractivity contribution in [3.05, 3.63) is 127 Å². The van der Waals surface area contributed by atoms with E-state index in [-0.39, 0.29) is 17.0 Å². The van der Waals surface area contributed by atoms with Crippen molar-refractivity contribution >= 4 is 23.2 Å². The fourth-order valence-corrected chi connectivity index (χ4v) is 9.14. The second kappa shape index (κ2) is 10.8. The van der Waals surface area contributed by atoms with Crippen molar-refractivity contribution < 1.29 is 26.5 Å². The summed E-state index contributed by atoms with van der Waals surface area (Å²) in [6.45, 7) is 1.25. The molecule has 0 amide bonds. The topological polar surface area (TPSA) is 18.5 Å². The smallest absolute Gasteiger partial charge is 0.198 e. The zero-order valence-electron chi connectivity index (χ0n) is 18.5. The van der Waals surface area contributed by atoms with E-state index in [0.717, 1.165) is 18.1 Å². The standard InChI is InChI=1S/C29H28O2P.BrH/c1-5-13-25(14-6-1)29(30-22-23-31-29)21-24-32(26-15-7-2-8-16-26,27-17-9-3-10-18-27)28-19-11-4-12-20-28;/h1-20H,21-24H2;1H/q+1;/p-1. The number of halogens is 1. The van der Waals surface area contributed by atoms with Gasteiger partial charge in [0.2, 0.25) is 0 Å². The monoisotopic (exact) mass is 518 g/mol. The van der Waals surface area contributed by atoms with Crippen LogP contribution >= 0.6 is 7.26 Å². The first kappa shape index (κ1) is 23.9. The molecule has 1 saturated heterocycles. The lowest BCUT2D eigenvalue weighted by Gasteiger charge is -2.33. The molecule has 168 valence electrons. The SMILES string of the molecule is [Br-].c1ccc(C2(CC[P+](c3ccccc3)(c3ccccc3)c3ccccc3)OCCO2)cc1. The fraction of sp³-hybridized carbons (Fsp3) is 0.172. The molecular weight excluding hydrogens is 491 g/mol. The molecule has 2 nitrogen and oxygen atoms in total. The summed E-state index contributed by atoms with van der Waals surface area (Å²) in [5.41, 5.74) is 1.10. The molecule has 4 aromatic carbocycles. The molecule has 1 heterocycles. The zero-order chi connectivity index (χ0) is 21.7. The summed E-state index contributed by atoms with van der Waals surface area (Å²) >= 11 is 0. The van der Waals surface area contributed by atoms with Gasteiger partial charge in [0.25, 0.3) is 0 Å². The van der Waals surface area contributed by atoms with E-state index in [4.69, 9.17) is 9.47 Å². The minimum absolute atomic E-state index is 0. The predicted molar refractivity (Wildman–Crippen MR) is 135 cm³/mol. The summed E-state index contributed by atoms with van der Waals surface area (Å²) in [5, 5.41) is 4.16. The van der Waals surface area contributed by atoms with Crippen LogP contribution in [0.1, 0.15) is 12.0 Å². The molecule has 0 spiro atoms. The molecule has 0 radical (unpaired) electrons. The van der Waals surface area contributed by atoms with Crippen molar-refractivity contribution in [3.63, 3.8) is 0 Å². The van der Waals surface area contributed by atoms with Crippen molar-refractivity contribution in [2.45, 2.75) is 12.2 Å². The third kappa shape index (κ3) is 4.69. The van der Waals surface area contributed by atoms with Crippen molar-refractivity contribution in [1.29, 1.82) is 0 Å². The van der Waals surface area contributed by atoms with E-state index in [2.05, 4.69) is 115 Å². The van der Waals surface area contributed by atoms with Crippen LogP contribution in [-0.2, 0) is 15.3 Å². The average molecular weight is 519 g/mol. The van der Waals surface area contributed by atoms with E-state index in [9.17, 15) is 0 Å². The number of rotatable bonds is 7. The molecule has 1 fully saturated rings. The second-order valence-electron chi connectivity index (χ2n) is 8.11. The maximum Gasteiger partial charge on any atom is 0.198 e. The summed E-state index contributed by atoms with van der Waals surface area (Å²) in [6.07, 6.45) is 1.75. The van der Waals surface area contributed by atoms with E-state index in [0.29, 0.717) is 13.2 Å². The Hall–Kier alpha value is -2.29. The molecule has 0 aliphatic carbocycles. The van der Waals surface area contributed by atoms with Gasteiger partial charge in [0.15, 0.2) is 5.79 Å². The van der Waals surface area contributed by atoms with Gasteiger partial charge in [-0.05, 0) is 36.4 Å². The summed E-state index contributed by atoms with van der Waals surface area (Å²) in [4.78, 5) is 0. The van der Waals surface area contributed by atoms with Crippen LogP contribution in [-0.4, -0.2) is 19.4 Å². The van der Waals surface area contributed by atoms with E-state index in [1.807, 2.05) is 6.07 Å². The van der Waals surface area contributed by atoms with Gasteiger partial charge >= 0.3 is 0 Å². The van der Waals surface area contributed by atoms with E-state index < -0.39 is 13.0 Å². The van der Waals surface area contributed by atoms with E-state index >= 15 is 0 Å². The molecular formula is C29H28BrO2P. The highest BCUT2D eigenvalue weighted by molar-refractivity contribution is 7.95. The molecule has 0 aromatic heterocycles. The molecule has 5 rings (SSSR count). The Morgan fingerprint density at radius 1 is 0.545 bits per heavy atom. The minimum Gasteiger partial charge on any atom is -1.00 e. The van der Waals surface area contributed by atoms with Crippen molar-refractivity contribution in [1.82, 2.24) is 0 Å². The predicted octanol–water partition coefficient (Wildman–Crippen LogP) is 2.27. The summed E-state index contributed by atoms with van der Waals surface area (Å²) in [6, 6.07) is 43.4. The van der Waals surface area contributed by atoms with Gasteiger partial charge in [-0.3, -0.25) is 0 Å². The van der Waals surface area contributed by atoms with Gasteiger partial charge in [-0.1, -0.05) is 84.9 Å². The van der Waals surface area contributed by atoms with Gasteiger partial charge < -0.3 is 26.5 Å². The van der Waals surface area contributed by atoms with Crippen molar-refractivity contribution in [2.24, 2.45) is 0 Å². The van der Waals surface area contributed by atoms with Crippen LogP contribution in [0.25, 0.3) is 0 Å². The van der Waals surface area contributed by atoms with Gasteiger partial charge in [0, 0.05) is 12.0 Å². The Morgan fingerprint density at radius 3 is 1.30 bits per heavy atom. The third-order valence-electron chi connectivity index (χ3n) is 6.33. The molecule has 0 atom stereocenters. The van der Waals surface area contributed by atoms with Gasteiger partial charge in [-0.25, -0.2) is 0 Å². The number of benzene rings is 4. The van der Waals surface area contributed by atoms with Crippen LogP contribution < -0.4 is 32.9 Å². The molecule has 0 saturated carbocycles. The van der Waals surface area contributed by atoms with Crippen LogP contribution in [0, 0.1) is 0 Å². The Kier molecular flexibility index (Phi) is 7.78. The molecule has 4 heteroatoms. The van der Waals surface area contributed by atoms with Crippen LogP contribution in [0.5, 0.6) is 0 Å². The molecule has 33 heavy (non-hydrogen) atoms. The summed E-state index contributed by atoms with van der Waals surface area (Å²) in [5.74, 6) is -0.690. The maximum atomic E-state index is 6.33. The third-order valence-corrected chi connectivity index (χ3v) is 10.8. The normalized spacial score (nSPS) is 15.0. The Morgan fingerprint density at radius 2 is 0.909 bits per heavy atom. The van der Waals surface area contributed by atoms with Crippen molar-refractivity contribution in [2.75, 3.05) is 19.4 Å². The van der Waals surface area contributed by atoms with E-state index in [1.165, 1.54) is 15.9 Å². The van der Waals surface area contributed by atoms with Gasteiger partial charge in [0.1, 0.15) is 23.2 Å². The van der Waals surface area contributed by atoms with Crippen LogP contribution in [0.15, 0.2) is 121 Å². The molecule has 0 unspecified atom stereocenters. The van der Waals surface area contributed by atoms with Crippen LogP contribution in [0.4, 0.5) is 0 Å². The number of hydrogen-bond acceptors (Lipinski definition) is 2. The molecule has 1 aliphatic rings. The van der Waals surface area contributed by atoms with Gasteiger partial charge in [0.05, 0.1) is 19.4 Å². The Balaban J connectivity index is 0.00000259. The lowest BCUT2D eigenvalue weighted by atomic mass is 10.0. The molecule has 0 bridgehead atoms. The van der Waals surface area contributed by atoms with Crippen LogP contribution in [0.2, 0.25) is 0 Å². The number of ether oxygens (including phenoxy) is 2. The summed E-state index contributed by atoms with van der Waals surface area (Å²) < 4.78 is 12.7. The van der Waals surface area contributed by atoms with Gasteiger partial charge in [-0.2, -0.15) is 0 Å². The zero-order valence-corrected chi connectivity index (χ0v) is 21.0. The van der Waals surface area contributed by atoms with E-state index in [1.54, 1.807) is 0 Å². The molecule has 0 N–H and O–H groups in total. The highest BCUT2D eigenvalue weighted by atomic mass is 79.9. The Labute approximate surface area is 207 Å². The van der Waals surface area contributed by atoms with Crippen LogP contribution in [0.3, 0.4) is 0 Å². The van der Waals surface area contributed by atoms with Gasteiger partial charge in [-0.15, -0.1) is 0 Å². The first-order valence-electron chi connectivity index (χ1n) is 11.2. The minimum atomic E-state index is -1.93. The quantitative estimate of drug-likeness (QED) is 0.349. The maximum absolute atomic E-state index is 6.33. The second-order valence-corrected chi connectivity index (χ2v) is 11.7. The molecule has 1 aliphatic heterocycles. The number of hydrogen-bond donors (Lipinski definition) is 0. The summed E-state index contributed by atoms with van der Waals surface area (Å²) in [7, 11) is -1.93. The highest BCUT2D eigenvalue weighted by Gasteiger charge is 2.49. The fourth-order valence-electron chi connectivity index (χ4n) is 4.80. The lowest BCUT2D eigenvalue weighted by Crippen LogP contribution is -3.00. The van der Waals surface area contributed by atoms with Crippen molar-refractivity contribution in [3.8, 4) is 0 Å². The molecule has 4 aromatic rings.